The monoisotopic (exact) mass is 955 g/mol. The van der Waals surface area contributed by atoms with E-state index in [1.807, 2.05) is 19.9 Å². The van der Waals surface area contributed by atoms with Gasteiger partial charge in [0.2, 0.25) is 23.6 Å². The fourth-order valence-corrected chi connectivity index (χ4v) is 8.13. The molecule has 4 unspecified atom stereocenters. The maximum atomic E-state index is 16.0. The average molecular weight is 955 g/mol. The minimum atomic E-state index is -3.34. The van der Waals surface area contributed by atoms with Crippen molar-refractivity contribution in [2.45, 2.75) is 142 Å². The molecule has 0 aromatic heterocycles. The highest BCUT2D eigenvalue weighted by atomic mass is 19.3. The molecule has 2 saturated heterocycles. The zero-order valence-electron chi connectivity index (χ0n) is 41.0. The Labute approximate surface area is 398 Å². The number of halogens is 2. The summed E-state index contributed by atoms with van der Waals surface area (Å²) in [5.41, 5.74) is -1.66. The molecule has 2 aliphatic heterocycles. The molecular weight excluding hydrogens is 883 g/mol. The summed E-state index contributed by atoms with van der Waals surface area (Å²) in [6.07, 6.45) is -0.706. The van der Waals surface area contributed by atoms with Gasteiger partial charge in [-0.3, -0.25) is 19.2 Å². The first-order valence-corrected chi connectivity index (χ1v) is 23.4. The molecule has 4 rings (SSSR count). The molecule has 0 aliphatic carbocycles. The largest absolute Gasteiger partial charge is 0.444 e. The van der Waals surface area contributed by atoms with Crippen LogP contribution in [0, 0.1) is 11.3 Å². The number of carbonyl (C=O) groups excluding carboxylic acids is 7. The number of benzene rings is 2. The van der Waals surface area contributed by atoms with Crippen LogP contribution in [-0.2, 0) is 41.5 Å². The molecule has 2 aliphatic rings. The summed E-state index contributed by atoms with van der Waals surface area (Å²) >= 11 is 0. The van der Waals surface area contributed by atoms with Gasteiger partial charge in [-0.25, -0.2) is 23.2 Å². The van der Waals surface area contributed by atoms with Crippen LogP contribution in [0.1, 0.15) is 98.6 Å². The molecular formula is C49H72F2N8O9. The number of nitrogens with zero attached hydrogens (tertiary/aromatic N) is 2. The van der Waals surface area contributed by atoms with Crippen molar-refractivity contribution < 1.29 is 51.8 Å². The highest BCUT2D eigenvalue weighted by molar-refractivity contribution is 5.95. The van der Waals surface area contributed by atoms with Gasteiger partial charge in [-0.05, 0) is 90.7 Å². The van der Waals surface area contributed by atoms with Crippen LogP contribution >= 0.6 is 0 Å². The maximum absolute atomic E-state index is 16.0. The second-order valence-electron chi connectivity index (χ2n) is 20.2. The first-order valence-electron chi connectivity index (χ1n) is 23.4. The summed E-state index contributed by atoms with van der Waals surface area (Å²) in [5.74, 6) is -6.38. The lowest BCUT2D eigenvalue weighted by Gasteiger charge is -2.57. The Kier molecular flexibility index (Phi) is 19.1. The number of amides is 8. The third-order valence-electron chi connectivity index (χ3n) is 11.6. The number of piperidine rings is 1. The van der Waals surface area contributed by atoms with Gasteiger partial charge in [0.15, 0.2) is 0 Å². The standard InChI is InChI=1S/C49H72F2N8O9/c1-32(2)26-36(55-40(61)37(27-33-18-12-10-13-19-33)56-41(62)38(28-34-20-14-11-15-21-34)57-45(66)68-47(6,7)8)39(60)54-35(22-16-17-24-53-44(65)67-46(3,4)5)42(63)58-25-23-48(49(50,51)31-58)29-59(30-48)43(64)52-9/h10-15,18-21,32,35-38H,16-17,22-31H2,1-9H3,(H,52,64)(H,53,65)(H,54,60)(H,55,61)(H,56,62)(H,57,66). The first-order chi connectivity index (χ1) is 31.8. The highest BCUT2D eigenvalue weighted by Gasteiger charge is 2.64. The number of nitrogens with one attached hydrogen (secondary N) is 6. The molecule has 4 atom stereocenters. The van der Waals surface area contributed by atoms with Crippen LogP contribution in [0.2, 0.25) is 0 Å². The fourth-order valence-electron chi connectivity index (χ4n) is 8.13. The number of alkyl carbamates (subject to hydrolysis) is 2. The Morgan fingerprint density at radius 3 is 1.63 bits per heavy atom. The van der Waals surface area contributed by atoms with Crippen molar-refractivity contribution in [1.82, 2.24) is 41.7 Å². The van der Waals surface area contributed by atoms with Gasteiger partial charge in [0.1, 0.15) is 35.4 Å². The molecule has 0 radical (unpaired) electrons. The van der Waals surface area contributed by atoms with Crippen molar-refractivity contribution in [2.24, 2.45) is 11.3 Å². The Hall–Kier alpha value is -6.01. The van der Waals surface area contributed by atoms with E-state index in [-0.39, 0.29) is 70.6 Å². The van der Waals surface area contributed by atoms with Crippen molar-refractivity contribution in [1.29, 1.82) is 0 Å². The Balaban J connectivity index is 1.56. The van der Waals surface area contributed by atoms with Crippen molar-refractivity contribution in [3.63, 3.8) is 0 Å². The third-order valence-corrected chi connectivity index (χ3v) is 11.6. The van der Waals surface area contributed by atoms with Crippen LogP contribution in [0.15, 0.2) is 60.7 Å². The number of hydrogen-bond acceptors (Lipinski definition) is 9. The van der Waals surface area contributed by atoms with Gasteiger partial charge in [-0.2, -0.15) is 0 Å². The molecule has 2 aromatic carbocycles. The van der Waals surface area contributed by atoms with Crippen LogP contribution in [0.3, 0.4) is 0 Å². The van der Waals surface area contributed by atoms with Crippen molar-refractivity contribution in [3.05, 3.63) is 71.8 Å². The zero-order valence-corrected chi connectivity index (χ0v) is 41.0. The van der Waals surface area contributed by atoms with Crippen molar-refractivity contribution >= 4 is 41.8 Å². The minimum Gasteiger partial charge on any atom is -0.444 e. The van der Waals surface area contributed by atoms with E-state index in [1.54, 1.807) is 96.1 Å². The summed E-state index contributed by atoms with van der Waals surface area (Å²) in [4.78, 5) is 96.9. The minimum absolute atomic E-state index is 0.00288. The van der Waals surface area contributed by atoms with Crippen LogP contribution < -0.4 is 31.9 Å². The Morgan fingerprint density at radius 1 is 0.647 bits per heavy atom. The fraction of sp³-hybridized carbons (Fsp3) is 0.612. The first kappa shape index (κ1) is 54.6. The van der Waals surface area contributed by atoms with Gasteiger partial charge in [-0.1, -0.05) is 74.5 Å². The van der Waals surface area contributed by atoms with E-state index in [0.29, 0.717) is 12.0 Å². The van der Waals surface area contributed by atoms with E-state index in [2.05, 4.69) is 31.9 Å². The molecule has 0 saturated carbocycles. The molecule has 0 bridgehead atoms. The van der Waals surface area contributed by atoms with Crippen LogP contribution in [0.4, 0.5) is 23.2 Å². The van der Waals surface area contributed by atoms with Gasteiger partial charge in [0.25, 0.3) is 5.92 Å². The molecule has 2 aromatic rings. The van der Waals surface area contributed by atoms with E-state index in [0.717, 1.165) is 10.5 Å². The summed E-state index contributed by atoms with van der Waals surface area (Å²) in [7, 11) is 1.42. The summed E-state index contributed by atoms with van der Waals surface area (Å²) in [6.45, 7) is 12.8. The van der Waals surface area contributed by atoms with Crippen LogP contribution in [0.25, 0.3) is 0 Å². The van der Waals surface area contributed by atoms with Crippen molar-refractivity contribution in [3.8, 4) is 0 Å². The third kappa shape index (κ3) is 16.6. The molecule has 1 spiro atoms. The lowest BCUT2D eigenvalue weighted by molar-refractivity contribution is -0.215. The number of hydrogen-bond donors (Lipinski definition) is 6. The Morgan fingerprint density at radius 2 is 1.13 bits per heavy atom. The van der Waals surface area contributed by atoms with Gasteiger partial charge in [0, 0.05) is 46.1 Å². The van der Waals surface area contributed by atoms with E-state index in [9.17, 15) is 33.6 Å². The smallest absolute Gasteiger partial charge is 0.408 e. The Bertz CT molecular complexity index is 2040. The maximum Gasteiger partial charge on any atom is 0.408 e. The van der Waals surface area contributed by atoms with Gasteiger partial charge >= 0.3 is 18.2 Å². The number of unbranched alkanes of at least 4 members (excludes halogenated alkanes) is 1. The number of ether oxygens (including phenoxy) is 2. The molecule has 68 heavy (non-hydrogen) atoms. The van der Waals surface area contributed by atoms with Crippen LogP contribution in [-0.4, -0.2) is 133 Å². The molecule has 19 heteroatoms. The molecule has 376 valence electrons. The summed E-state index contributed by atoms with van der Waals surface area (Å²) in [6, 6.07) is 12.5. The zero-order chi connectivity index (χ0) is 50.5. The average Bonchev–Trinajstić information content (AvgIpc) is 3.22. The number of likely N-dealkylation sites (tertiary alicyclic amines) is 2. The second kappa shape index (κ2) is 23.8. The topological polar surface area (TPSA) is 217 Å². The van der Waals surface area contributed by atoms with Crippen LogP contribution in [0.5, 0.6) is 0 Å². The molecule has 6 N–H and O–H groups in total. The SMILES string of the molecule is CNC(=O)N1CC2(CCN(C(=O)C(CCCCNC(=O)OC(C)(C)C)NC(=O)C(CC(C)C)NC(=O)C(Cc3ccccc3)NC(=O)C(Cc3ccccc3)NC(=O)OC(C)(C)C)CC2(F)F)C1. The quantitative estimate of drug-likeness (QED) is 0.104. The molecule has 2 fully saturated rings. The predicted octanol–water partition coefficient (Wildman–Crippen LogP) is 5.07. The predicted molar refractivity (Wildman–Crippen MR) is 251 cm³/mol. The molecule has 8 amide bonds. The number of alkyl halides is 2. The molecule has 2 heterocycles. The van der Waals surface area contributed by atoms with Gasteiger partial charge in [-0.15, -0.1) is 0 Å². The van der Waals surface area contributed by atoms with E-state index < -0.39 is 95.1 Å². The van der Waals surface area contributed by atoms with E-state index >= 15 is 8.78 Å². The molecule has 17 nitrogen and oxygen atoms in total. The number of urea groups is 1. The van der Waals surface area contributed by atoms with E-state index in [1.165, 1.54) is 11.9 Å². The van der Waals surface area contributed by atoms with Gasteiger partial charge < -0.3 is 51.2 Å². The summed E-state index contributed by atoms with van der Waals surface area (Å²) in [5, 5.41) is 16.1. The lowest BCUT2D eigenvalue weighted by atomic mass is 9.69. The number of carbonyl (C=O) groups is 7. The van der Waals surface area contributed by atoms with Gasteiger partial charge in [0.05, 0.1) is 12.0 Å². The highest BCUT2D eigenvalue weighted by Crippen LogP contribution is 2.50. The normalized spacial score (nSPS) is 17.1. The lowest BCUT2D eigenvalue weighted by Crippen LogP contribution is -2.72. The van der Waals surface area contributed by atoms with E-state index in [4.69, 9.17) is 9.47 Å². The van der Waals surface area contributed by atoms with Crippen molar-refractivity contribution in [2.75, 3.05) is 39.8 Å². The number of rotatable bonds is 19. The second-order valence-corrected chi connectivity index (χ2v) is 20.2. The summed E-state index contributed by atoms with van der Waals surface area (Å²) < 4.78 is 42.7.